The zero-order valence-corrected chi connectivity index (χ0v) is 17.8. The second kappa shape index (κ2) is 11.8. The molecule has 0 unspecified atom stereocenters. The lowest BCUT2D eigenvalue weighted by molar-refractivity contribution is -0.118. The summed E-state index contributed by atoms with van der Waals surface area (Å²) in [5.41, 5.74) is 0.530. The minimum atomic E-state index is -0.512. The van der Waals surface area contributed by atoms with Gasteiger partial charge in [0, 0.05) is 25.4 Å². The number of hydrogen-bond acceptors (Lipinski definition) is 3. The predicted octanol–water partition coefficient (Wildman–Crippen LogP) is 5.78. The topological polar surface area (TPSA) is 46.6 Å². The fraction of sp³-hybridized carbons (Fsp3) is 0.652. The molecule has 0 aliphatic heterocycles. The molecule has 0 heterocycles. The van der Waals surface area contributed by atoms with Crippen molar-refractivity contribution in [2.75, 3.05) is 6.54 Å². The number of carbonyl (C=O) groups excluding carboxylic acids is 2. The van der Waals surface area contributed by atoms with Crippen molar-refractivity contribution in [3.05, 3.63) is 35.9 Å². The maximum atomic E-state index is 12.7. The van der Waals surface area contributed by atoms with Gasteiger partial charge in [-0.15, -0.1) is 0 Å². The summed E-state index contributed by atoms with van der Waals surface area (Å²) >= 11 is 0. The Balaban J connectivity index is 2.66. The summed E-state index contributed by atoms with van der Waals surface area (Å²) in [6.07, 6.45) is 5.34. The van der Waals surface area contributed by atoms with Gasteiger partial charge >= 0.3 is 6.09 Å². The molecular formula is C23H37NO3. The van der Waals surface area contributed by atoms with Gasteiger partial charge < -0.3 is 9.64 Å². The van der Waals surface area contributed by atoms with Gasteiger partial charge in [-0.1, -0.05) is 57.0 Å². The van der Waals surface area contributed by atoms with E-state index in [0.717, 1.165) is 31.2 Å². The van der Waals surface area contributed by atoms with Crippen LogP contribution in [-0.2, 0) is 16.0 Å². The van der Waals surface area contributed by atoms with Crippen molar-refractivity contribution in [3.8, 4) is 0 Å². The van der Waals surface area contributed by atoms with Crippen molar-refractivity contribution in [2.24, 2.45) is 0 Å². The summed E-state index contributed by atoms with van der Waals surface area (Å²) in [5.74, 6) is 0.216. The number of Topliss-reactive ketones (excluding diaryl/α,β-unsaturated/α-hetero) is 1. The Hall–Kier alpha value is -1.84. The number of ketones is 1. The number of ether oxygens (including phenoxy) is 1. The van der Waals surface area contributed by atoms with Gasteiger partial charge in [0.1, 0.15) is 11.4 Å². The molecule has 1 aromatic rings. The molecule has 0 aromatic heterocycles. The van der Waals surface area contributed by atoms with E-state index in [-0.39, 0.29) is 17.9 Å². The van der Waals surface area contributed by atoms with Gasteiger partial charge in [-0.05, 0) is 45.6 Å². The van der Waals surface area contributed by atoms with Crippen molar-refractivity contribution in [1.82, 2.24) is 4.90 Å². The van der Waals surface area contributed by atoms with Gasteiger partial charge in [0.2, 0.25) is 0 Å². The lowest BCUT2D eigenvalue weighted by atomic mass is 10.0. The number of carbonyl (C=O) groups is 2. The Morgan fingerprint density at radius 1 is 1.04 bits per heavy atom. The fourth-order valence-corrected chi connectivity index (χ4v) is 3.22. The first-order chi connectivity index (χ1) is 12.8. The van der Waals surface area contributed by atoms with Gasteiger partial charge in [-0.3, -0.25) is 4.79 Å². The smallest absolute Gasteiger partial charge is 0.410 e. The highest BCUT2D eigenvalue weighted by Crippen LogP contribution is 2.19. The minimum Gasteiger partial charge on any atom is -0.444 e. The summed E-state index contributed by atoms with van der Waals surface area (Å²) in [7, 11) is 0. The van der Waals surface area contributed by atoms with Gasteiger partial charge in [0.15, 0.2) is 0 Å². The molecule has 152 valence electrons. The van der Waals surface area contributed by atoms with E-state index >= 15 is 0 Å². The molecule has 0 aliphatic rings. The zero-order valence-electron chi connectivity index (χ0n) is 17.8. The van der Waals surface area contributed by atoms with Crippen molar-refractivity contribution >= 4 is 11.9 Å². The Labute approximate surface area is 165 Å². The van der Waals surface area contributed by atoms with Crippen LogP contribution in [0.5, 0.6) is 0 Å². The maximum Gasteiger partial charge on any atom is 0.410 e. The largest absolute Gasteiger partial charge is 0.444 e. The van der Waals surface area contributed by atoms with Crippen LogP contribution in [0.4, 0.5) is 4.79 Å². The molecule has 1 amide bonds. The Morgan fingerprint density at radius 2 is 1.63 bits per heavy atom. The van der Waals surface area contributed by atoms with E-state index in [1.165, 1.54) is 0 Å². The van der Waals surface area contributed by atoms with E-state index in [1.807, 2.05) is 56.0 Å². The van der Waals surface area contributed by atoms with E-state index in [0.29, 0.717) is 25.8 Å². The molecular weight excluding hydrogens is 338 g/mol. The molecule has 0 saturated heterocycles. The first-order valence-corrected chi connectivity index (χ1v) is 10.3. The summed E-state index contributed by atoms with van der Waals surface area (Å²) in [5, 5.41) is 0. The maximum absolute atomic E-state index is 12.7. The third-order valence-corrected chi connectivity index (χ3v) is 4.41. The highest BCUT2D eigenvalue weighted by Gasteiger charge is 2.27. The van der Waals surface area contributed by atoms with Crippen LogP contribution in [0.2, 0.25) is 0 Å². The molecule has 0 saturated carbocycles. The van der Waals surface area contributed by atoms with Crippen LogP contribution < -0.4 is 0 Å². The van der Waals surface area contributed by atoms with E-state index in [9.17, 15) is 9.59 Å². The number of amides is 1. The Morgan fingerprint density at radius 3 is 2.15 bits per heavy atom. The fourth-order valence-electron chi connectivity index (χ4n) is 3.22. The van der Waals surface area contributed by atoms with E-state index in [1.54, 1.807) is 0 Å². The standard InChI is InChI=1S/C23H37NO3/c1-6-12-20(13-7-2)24(22(26)27-23(3,4)5)17-11-16-21(25)18-19-14-9-8-10-15-19/h8-10,14-15,20H,6-7,11-13,16-18H2,1-5H3. The second-order valence-electron chi connectivity index (χ2n) is 8.21. The number of nitrogens with zero attached hydrogens (tertiary/aromatic N) is 1. The molecule has 0 spiro atoms. The van der Waals surface area contributed by atoms with Gasteiger partial charge in [0.25, 0.3) is 0 Å². The second-order valence-corrected chi connectivity index (χ2v) is 8.21. The van der Waals surface area contributed by atoms with E-state index in [4.69, 9.17) is 4.74 Å². The highest BCUT2D eigenvalue weighted by molar-refractivity contribution is 5.80. The van der Waals surface area contributed by atoms with Crippen LogP contribution in [-0.4, -0.2) is 35.0 Å². The normalized spacial score (nSPS) is 11.5. The van der Waals surface area contributed by atoms with E-state index < -0.39 is 5.60 Å². The molecule has 1 rings (SSSR count). The molecule has 4 nitrogen and oxygen atoms in total. The molecule has 4 heteroatoms. The van der Waals surface area contributed by atoms with Crippen molar-refractivity contribution in [1.29, 1.82) is 0 Å². The van der Waals surface area contributed by atoms with Crippen molar-refractivity contribution in [3.63, 3.8) is 0 Å². The zero-order chi connectivity index (χ0) is 20.3. The lowest BCUT2D eigenvalue weighted by Gasteiger charge is -2.33. The summed E-state index contributed by atoms with van der Waals surface area (Å²) < 4.78 is 5.63. The number of rotatable bonds is 11. The first kappa shape index (κ1) is 23.2. The molecule has 0 fully saturated rings. The van der Waals surface area contributed by atoms with Crippen LogP contribution in [0.15, 0.2) is 30.3 Å². The molecule has 0 atom stereocenters. The van der Waals surface area contributed by atoms with Crippen LogP contribution in [0.1, 0.15) is 78.7 Å². The SMILES string of the molecule is CCCC(CCC)N(CCCC(=O)Cc1ccccc1)C(=O)OC(C)(C)C. The molecule has 0 radical (unpaired) electrons. The number of hydrogen-bond donors (Lipinski definition) is 0. The summed E-state index contributed by atoms with van der Waals surface area (Å²) in [6.45, 7) is 10.5. The van der Waals surface area contributed by atoms with Crippen LogP contribution >= 0.6 is 0 Å². The van der Waals surface area contributed by atoms with Crippen LogP contribution in [0.3, 0.4) is 0 Å². The molecule has 0 bridgehead atoms. The third-order valence-electron chi connectivity index (χ3n) is 4.41. The van der Waals surface area contributed by atoms with Crippen molar-refractivity contribution in [2.45, 2.75) is 91.2 Å². The highest BCUT2D eigenvalue weighted by atomic mass is 16.6. The van der Waals surface area contributed by atoms with Crippen LogP contribution in [0.25, 0.3) is 0 Å². The monoisotopic (exact) mass is 375 g/mol. The Kier molecular flexibility index (Phi) is 10.1. The quantitative estimate of drug-likeness (QED) is 0.492. The van der Waals surface area contributed by atoms with Crippen molar-refractivity contribution < 1.29 is 14.3 Å². The average molecular weight is 376 g/mol. The third kappa shape index (κ3) is 9.60. The van der Waals surface area contributed by atoms with Gasteiger partial charge in [-0.2, -0.15) is 0 Å². The lowest BCUT2D eigenvalue weighted by Crippen LogP contribution is -2.44. The van der Waals surface area contributed by atoms with Gasteiger partial charge in [-0.25, -0.2) is 4.79 Å². The molecule has 27 heavy (non-hydrogen) atoms. The Bertz CT molecular complexity index is 557. The average Bonchev–Trinajstić information content (AvgIpc) is 2.58. The summed E-state index contributed by atoms with van der Waals surface area (Å²) in [4.78, 5) is 26.9. The summed E-state index contributed by atoms with van der Waals surface area (Å²) in [6, 6.07) is 9.99. The molecule has 1 aromatic carbocycles. The number of benzene rings is 1. The molecule has 0 aliphatic carbocycles. The molecule has 0 N–H and O–H groups in total. The minimum absolute atomic E-state index is 0.180. The van der Waals surface area contributed by atoms with Crippen LogP contribution in [0, 0.1) is 0 Å². The predicted molar refractivity (Wildman–Crippen MR) is 111 cm³/mol. The van der Waals surface area contributed by atoms with Gasteiger partial charge in [0.05, 0.1) is 0 Å². The van der Waals surface area contributed by atoms with E-state index in [2.05, 4.69) is 13.8 Å². The first-order valence-electron chi connectivity index (χ1n) is 10.3.